The third-order valence-corrected chi connectivity index (χ3v) is 4.43. The molecule has 24 heavy (non-hydrogen) atoms. The van der Waals surface area contributed by atoms with Crippen LogP contribution in [0, 0.1) is 0 Å². The summed E-state index contributed by atoms with van der Waals surface area (Å²) in [5, 5.41) is 3.55. The zero-order valence-electron chi connectivity index (χ0n) is 14.3. The molecule has 1 aliphatic heterocycles. The number of nitrogens with one attached hydrogen (secondary N) is 1. The Hall–Kier alpha value is -1.91. The fraction of sp³-hybridized carbons (Fsp3) is 0.450. The average molecular weight is 325 g/mol. The highest BCUT2D eigenvalue weighted by Gasteiger charge is 2.10. The van der Waals surface area contributed by atoms with E-state index in [-0.39, 0.29) is 0 Å². The van der Waals surface area contributed by atoms with E-state index in [1.54, 1.807) is 6.20 Å². The second kappa shape index (κ2) is 9.40. The summed E-state index contributed by atoms with van der Waals surface area (Å²) in [5.41, 5.74) is 2.30. The van der Waals surface area contributed by atoms with Gasteiger partial charge in [-0.15, -0.1) is 0 Å². The third-order valence-electron chi connectivity index (χ3n) is 4.43. The van der Waals surface area contributed by atoms with Crippen LogP contribution in [0.5, 0.6) is 5.75 Å². The highest BCUT2D eigenvalue weighted by atomic mass is 16.5. The van der Waals surface area contributed by atoms with E-state index < -0.39 is 0 Å². The zero-order valence-corrected chi connectivity index (χ0v) is 14.3. The number of hydrogen-bond acceptors (Lipinski definition) is 4. The number of para-hydroxylation sites is 1. The Balaban J connectivity index is 1.41. The summed E-state index contributed by atoms with van der Waals surface area (Å²) in [6.07, 6.45) is 7.57. The number of benzene rings is 1. The zero-order chi connectivity index (χ0) is 16.5. The summed E-state index contributed by atoms with van der Waals surface area (Å²) in [5.74, 6) is 0.952. The van der Waals surface area contributed by atoms with Crippen LogP contribution < -0.4 is 10.1 Å². The van der Waals surface area contributed by atoms with Crippen LogP contribution in [-0.4, -0.2) is 36.1 Å². The lowest BCUT2D eigenvalue weighted by Gasteiger charge is -2.15. The fourth-order valence-electron chi connectivity index (χ4n) is 3.09. The predicted octanol–water partition coefficient (Wildman–Crippen LogP) is 3.24. The van der Waals surface area contributed by atoms with E-state index in [0.29, 0.717) is 6.61 Å². The van der Waals surface area contributed by atoms with Crippen LogP contribution in [0.1, 0.15) is 30.4 Å². The van der Waals surface area contributed by atoms with Gasteiger partial charge >= 0.3 is 0 Å². The van der Waals surface area contributed by atoms with Crippen LogP contribution in [0.3, 0.4) is 0 Å². The van der Waals surface area contributed by atoms with E-state index in [0.717, 1.165) is 24.4 Å². The topological polar surface area (TPSA) is 37.4 Å². The van der Waals surface area contributed by atoms with E-state index >= 15 is 0 Å². The molecule has 0 atom stereocenters. The molecule has 4 heteroatoms. The summed E-state index contributed by atoms with van der Waals surface area (Å²) in [7, 11) is 0. The molecule has 1 fully saturated rings. The molecule has 1 aromatic carbocycles. The van der Waals surface area contributed by atoms with Crippen LogP contribution >= 0.6 is 0 Å². The first-order chi connectivity index (χ1) is 11.9. The van der Waals surface area contributed by atoms with Gasteiger partial charge in [0.05, 0.1) is 0 Å². The number of aromatic nitrogens is 1. The molecule has 0 aliphatic carbocycles. The molecule has 1 aliphatic rings. The van der Waals surface area contributed by atoms with Gasteiger partial charge in [-0.3, -0.25) is 4.98 Å². The molecule has 4 nitrogen and oxygen atoms in total. The lowest BCUT2D eigenvalue weighted by molar-refractivity contribution is 0.301. The van der Waals surface area contributed by atoms with Crippen LogP contribution in [0.4, 0.5) is 0 Å². The summed E-state index contributed by atoms with van der Waals surface area (Å²) < 4.78 is 5.97. The molecule has 128 valence electrons. The van der Waals surface area contributed by atoms with Crippen LogP contribution in [-0.2, 0) is 13.2 Å². The minimum atomic E-state index is 0.555. The first kappa shape index (κ1) is 16.9. The van der Waals surface area contributed by atoms with Crippen molar-refractivity contribution in [2.24, 2.45) is 0 Å². The molecular formula is C20H27N3O. The monoisotopic (exact) mass is 325 g/mol. The second-order valence-electron chi connectivity index (χ2n) is 6.34. The molecule has 1 aromatic heterocycles. The number of nitrogens with zero attached hydrogens (tertiary/aromatic N) is 2. The Bertz CT molecular complexity index is 597. The summed E-state index contributed by atoms with van der Waals surface area (Å²) in [4.78, 5) is 6.69. The Kier molecular flexibility index (Phi) is 6.63. The molecule has 3 rings (SSSR count). The maximum atomic E-state index is 5.97. The van der Waals surface area contributed by atoms with Gasteiger partial charge in [0.15, 0.2) is 0 Å². The van der Waals surface area contributed by atoms with Crippen molar-refractivity contribution < 1.29 is 4.74 Å². The quantitative estimate of drug-likeness (QED) is 0.718. The molecule has 0 saturated carbocycles. The molecule has 0 bridgehead atoms. The van der Waals surface area contributed by atoms with Gasteiger partial charge in [-0.05, 0) is 57.6 Å². The summed E-state index contributed by atoms with van der Waals surface area (Å²) in [6.45, 7) is 6.23. The number of ether oxygens (including phenoxy) is 1. The predicted molar refractivity (Wildman–Crippen MR) is 97.0 cm³/mol. The number of likely N-dealkylation sites (tertiary alicyclic amines) is 1. The van der Waals surface area contributed by atoms with Gasteiger partial charge in [-0.25, -0.2) is 0 Å². The van der Waals surface area contributed by atoms with Crippen molar-refractivity contribution in [3.8, 4) is 5.75 Å². The minimum Gasteiger partial charge on any atom is -0.489 e. The summed E-state index contributed by atoms with van der Waals surface area (Å²) >= 11 is 0. The number of rotatable bonds is 9. The normalized spacial score (nSPS) is 14.8. The van der Waals surface area contributed by atoms with Gasteiger partial charge in [-0.2, -0.15) is 0 Å². The molecule has 0 radical (unpaired) electrons. The van der Waals surface area contributed by atoms with Crippen molar-refractivity contribution >= 4 is 0 Å². The van der Waals surface area contributed by atoms with E-state index in [1.807, 2.05) is 30.5 Å². The first-order valence-electron chi connectivity index (χ1n) is 8.94. The fourth-order valence-corrected chi connectivity index (χ4v) is 3.09. The maximum Gasteiger partial charge on any atom is 0.124 e. The molecule has 0 spiro atoms. The lowest BCUT2D eigenvalue weighted by Crippen LogP contribution is -2.24. The largest absolute Gasteiger partial charge is 0.489 e. The Morgan fingerprint density at radius 2 is 1.96 bits per heavy atom. The summed E-state index contributed by atoms with van der Waals surface area (Å²) in [6, 6.07) is 12.2. The van der Waals surface area contributed by atoms with E-state index in [4.69, 9.17) is 4.74 Å². The van der Waals surface area contributed by atoms with Crippen molar-refractivity contribution in [1.82, 2.24) is 15.2 Å². The van der Waals surface area contributed by atoms with Gasteiger partial charge in [0.25, 0.3) is 0 Å². The Morgan fingerprint density at radius 1 is 1.08 bits per heavy atom. The van der Waals surface area contributed by atoms with E-state index in [9.17, 15) is 0 Å². The standard InChI is InChI=1S/C20H27N3O/c1-2-9-20(24-17-18-7-5-10-21-15-18)19(8-1)16-22-11-6-14-23-12-3-4-13-23/h1-2,5,7-10,15,22H,3-4,6,11-14,16-17H2. The number of pyridine rings is 1. The highest BCUT2D eigenvalue weighted by Crippen LogP contribution is 2.19. The van der Waals surface area contributed by atoms with Crippen molar-refractivity contribution in [2.45, 2.75) is 32.4 Å². The van der Waals surface area contributed by atoms with Crippen molar-refractivity contribution in [1.29, 1.82) is 0 Å². The van der Waals surface area contributed by atoms with Crippen LogP contribution in [0.2, 0.25) is 0 Å². The maximum absolute atomic E-state index is 5.97. The molecule has 1 saturated heterocycles. The molecular weight excluding hydrogens is 298 g/mol. The molecule has 0 unspecified atom stereocenters. The van der Waals surface area contributed by atoms with Crippen molar-refractivity contribution in [3.63, 3.8) is 0 Å². The van der Waals surface area contributed by atoms with Gasteiger partial charge in [0.2, 0.25) is 0 Å². The third kappa shape index (κ3) is 5.32. The van der Waals surface area contributed by atoms with Gasteiger partial charge in [-0.1, -0.05) is 24.3 Å². The molecule has 0 amide bonds. The van der Waals surface area contributed by atoms with Gasteiger partial charge < -0.3 is 15.0 Å². The van der Waals surface area contributed by atoms with Gasteiger partial charge in [0.1, 0.15) is 12.4 Å². The molecule has 2 heterocycles. The highest BCUT2D eigenvalue weighted by molar-refractivity contribution is 5.33. The van der Waals surface area contributed by atoms with Crippen molar-refractivity contribution in [2.75, 3.05) is 26.2 Å². The number of hydrogen-bond donors (Lipinski definition) is 1. The lowest BCUT2D eigenvalue weighted by atomic mass is 10.2. The van der Waals surface area contributed by atoms with Crippen LogP contribution in [0.15, 0.2) is 48.8 Å². The Morgan fingerprint density at radius 3 is 2.79 bits per heavy atom. The first-order valence-corrected chi connectivity index (χ1v) is 8.94. The van der Waals surface area contributed by atoms with Crippen molar-refractivity contribution in [3.05, 3.63) is 59.9 Å². The second-order valence-corrected chi connectivity index (χ2v) is 6.34. The SMILES string of the molecule is c1cncc(COc2ccccc2CNCCCN2CCCC2)c1. The molecule has 2 aromatic rings. The van der Waals surface area contributed by atoms with Crippen LogP contribution in [0.25, 0.3) is 0 Å². The smallest absolute Gasteiger partial charge is 0.124 e. The van der Waals surface area contributed by atoms with Gasteiger partial charge in [0, 0.05) is 30.1 Å². The van der Waals surface area contributed by atoms with E-state index in [1.165, 1.54) is 44.5 Å². The average Bonchev–Trinajstić information content (AvgIpc) is 3.15. The molecule has 1 N–H and O–H groups in total. The minimum absolute atomic E-state index is 0.555. The van der Waals surface area contributed by atoms with E-state index in [2.05, 4.69) is 27.3 Å². The Labute approximate surface area is 144 Å².